The number of nitrogens with two attached hydrogens (primary N) is 1. The Morgan fingerprint density at radius 2 is 2.17 bits per heavy atom. The predicted molar refractivity (Wildman–Crippen MR) is 86.6 cm³/mol. The first-order chi connectivity index (χ1) is 11.0. The molecule has 0 unspecified atom stereocenters. The van der Waals surface area contributed by atoms with Crippen LogP contribution >= 0.6 is 0 Å². The average Bonchev–Trinajstić information content (AvgIpc) is 2.80. The van der Waals surface area contributed by atoms with Crippen molar-refractivity contribution in [2.45, 2.75) is 33.6 Å². The Bertz CT molecular complexity index is 762. The second kappa shape index (κ2) is 7.19. The van der Waals surface area contributed by atoms with E-state index in [2.05, 4.69) is 20.4 Å². The van der Waals surface area contributed by atoms with Crippen molar-refractivity contribution in [3.8, 4) is 5.95 Å². The Morgan fingerprint density at radius 3 is 2.83 bits per heavy atom. The molecule has 0 saturated carbocycles. The molecule has 0 aromatic carbocycles. The molecule has 0 atom stereocenters. The molecule has 2 aromatic heterocycles. The normalized spacial score (nSPS) is 10.8. The Labute approximate surface area is 134 Å². The van der Waals surface area contributed by atoms with Gasteiger partial charge in [-0.05, 0) is 20.3 Å². The lowest BCUT2D eigenvalue weighted by atomic mass is 10.1. The first kappa shape index (κ1) is 16.9. The van der Waals surface area contributed by atoms with Gasteiger partial charge in [-0.25, -0.2) is 9.67 Å². The number of rotatable bonds is 6. The molecule has 2 aromatic rings. The molecule has 2 heterocycles. The number of hydrogen-bond donors (Lipinski definition) is 3. The van der Waals surface area contributed by atoms with E-state index in [0.29, 0.717) is 31.2 Å². The summed E-state index contributed by atoms with van der Waals surface area (Å²) in [6, 6.07) is 1.47. The van der Waals surface area contributed by atoms with E-state index in [9.17, 15) is 9.59 Å². The van der Waals surface area contributed by atoms with Gasteiger partial charge in [0.05, 0.1) is 12.1 Å². The zero-order chi connectivity index (χ0) is 17.0. The minimum absolute atomic E-state index is 0.107. The average molecular weight is 318 g/mol. The number of aromatic nitrogens is 4. The third-order valence-corrected chi connectivity index (χ3v) is 3.59. The van der Waals surface area contributed by atoms with Gasteiger partial charge in [-0.2, -0.15) is 5.10 Å². The van der Waals surface area contributed by atoms with Crippen LogP contribution in [0.2, 0.25) is 0 Å². The number of carbonyl (C=O) groups excluding carboxylic acids is 1. The molecular formula is C15H22N6O2. The van der Waals surface area contributed by atoms with Crippen molar-refractivity contribution in [3.63, 3.8) is 0 Å². The first-order valence-corrected chi connectivity index (χ1v) is 7.58. The van der Waals surface area contributed by atoms with Crippen LogP contribution in [0.4, 0.5) is 0 Å². The molecule has 124 valence electrons. The van der Waals surface area contributed by atoms with E-state index < -0.39 is 0 Å². The van der Waals surface area contributed by atoms with E-state index in [1.165, 1.54) is 6.07 Å². The molecule has 0 fully saturated rings. The Morgan fingerprint density at radius 1 is 1.43 bits per heavy atom. The van der Waals surface area contributed by atoms with Crippen LogP contribution < -0.4 is 16.6 Å². The van der Waals surface area contributed by atoms with E-state index in [-0.39, 0.29) is 17.9 Å². The van der Waals surface area contributed by atoms with Crippen molar-refractivity contribution in [1.82, 2.24) is 25.1 Å². The van der Waals surface area contributed by atoms with Crippen molar-refractivity contribution in [2.75, 3.05) is 13.1 Å². The number of amides is 1. The fourth-order valence-corrected chi connectivity index (χ4v) is 2.35. The van der Waals surface area contributed by atoms with E-state index in [0.717, 1.165) is 17.0 Å². The molecule has 0 saturated heterocycles. The van der Waals surface area contributed by atoms with Crippen LogP contribution in [0.5, 0.6) is 0 Å². The summed E-state index contributed by atoms with van der Waals surface area (Å²) in [5.41, 5.74) is 8.18. The number of H-pyrrole nitrogens is 1. The topological polar surface area (TPSA) is 119 Å². The van der Waals surface area contributed by atoms with E-state index in [1.54, 1.807) is 4.68 Å². The van der Waals surface area contributed by atoms with Gasteiger partial charge in [0.2, 0.25) is 11.9 Å². The molecule has 0 aliphatic carbocycles. The lowest BCUT2D eigenvalue weighted by molar-refractivity contribution is -0.120. The van der Waals surface area contributed by atoms with E-state index in [4.69, 9.17) is 5.73 Å². The number of aryl methyl sites for hydroxylation is 2. The summed E-state index contributed by atoms with van der Waals surface area (Å²) in [4.78, 5) is 30.7. The molecule has 0 aliphatic heterocycles. The summed E-state index contributed by atoms with van der Waals surface area (Å²) in [5, 5.41) is 7.15. The van der Waals surface area contributed by atoms with Crippen molar-refractivity contribution in [2.24, 2.45) is 5.73 Å². The van der Waals surface area contributed by atoms with Crippen LogP contribution in [0.25, 0.3) is 5.95 Å². The monoisotopic (exact) mass is 318 g/mol. The summed E-state index contributed by atoms with van der Waals surface area (Å²) < 4.78 is 1.57. The lowest BCUT2D eigenvalue weighted by Crippen LogP contribution is -2.30. The van der Waals surface area contributed by atoms with Gasteiger partial charge in [-0.15, -0.1) is 0 Å². The summed E-state index contributed by atoms with van der Waals surface area (Å²) in [6.07, 6.45) is 0.875. The van der Waals surface area contributed by atoms with Crippen molar-refractivity contribution < 1.29 is 4.79 Å². The van der Waals surface area contributed by atoms with Gasteiger partial charge in [-0.3, -0.25) is 14.6 Å². The van der Waals surface area contributed by atoms with Gasteiger partial charge in [0.15, 0.2) is 0 Å². The van der Waals surface area contributed by atoms with Crippen LogP contribution in [0.3, 0.4) is 0 Å². The van der Waals surface area contributed by atoms with Crippen LogP contribution in [0.15, 0.2) is 10.9 Å². The van der Waals surface area contributed by atoms with Gasteiger partial charge in [0.1, 0.15) is 0 Å². The van der Waals surface area contributed by atoms with Gasteiger partial charge < -0.3 is 11.1 Å². The smallest absolute Gasteiger partial charge is 0.252 e. The molecule has 0 aliphatic rings. The number of nitrogens with zero attached hydrogens (tertiary/aromatic N) is 3. The van der Waals surface area contributed by atoms with Crippen LogP contribution in [-0.2, 0) is 17.6 Å². The van der Waals surface area contributed by atoms with Crippen molar-refractivity contribution in [1.29, 1.82) is 0 Å². The molecule has 2 rings (SSSR count). The summed E-state index contributed by atoms with van der Waals surface area (Å²) in [6.45, 7) is 6.46. The highest BCUT2D eigenvalue weighted by molar-refractivity contribution is 5.79. The highest BCUT2D eigenvalue weighted by Crippen LogP contribution is 2.16. The van der Waals surface area contributed by atoms with Gasteiger partial charge in [-0.1, -0.05) is 6.92 Å². The van der Waals surface area contributed by atoms with Crippen LogP contribution in [0, 0.1) is 13.8 Å². The largest absolute Gasteiger partial charge is 0.355 e. The maximum absolute atomic E-state index is 11.9. The van der Waals surface area contributed by atoms with Crippen molar-refractivity contribution in [3.05, 3.63) is 39.1 Å². The minimum atomic E-state index is -0.221. The van der Waals surface area contributed by atoms with Crippen LogP contribution in [0.1, 0.15) is 29.6 Å². The molecule has 0 bridgehead atoms. The SMILES string of the molecule is CCc1cc(=O)[nH]c(-n2nc(C)c(CC(=O)NCCN)c2C)n1. The molecule has 0 radical (unpaired) electrons. The standard InChI is InChI=1S/C15H22N6O2/c1-4-11-7-14(23)19-15(18-11)21-10(3)12(9(2)20-21)8-13(22)17-6-5-16/h7H,4-6,8,16H2,1-3H3,(H,17,22)(H,18,19,23). The predicted octanol–water partition coefficient (Wildman–Crippen LogP) is -0.248. The summed E-state index contributed by atoms with van der Waals surface area (Å²) >= 11 is 0. The van der Waals surface area contributed by atoms with Gasteiger partial charge in [0, 0.05) is 36.1 Å². The van der Waals surface area contributed by atoms with Crippen molar-refractivity contribution >= 4 is 5.91 Å². The molecule has 8 nitrogen and oxygen atoms in total. The highest BCUT2D eigenvalue weighted by Gasteiger charge is 2.17. The Hall–Kier alpha value is -2.48. The van der Waals surface area contributed by atoms with Crippen LogP contribution in [-0.4, -0.2) is 38.7 Å². The fraction of sp³-hybridized carbons (Fsp3) is 0.467. The molecule has 23 heavy (non-hydrogen) atoms. The molecule has 4 N–H and O–H groups in total. The summed E-state index contributed by atoms with van der Waals surface area (Å²) in [5.74, 6) is 0.258. The zero-order valence-corrected chi connectivity index (χ0v) is 13.6. The number of nitrogens with one attached hydrogen (secondary N) is 2. The molecular weight excluding hydrogens is 296 g/mol. The molecule has 0 spiro atoms. The second-order valence-electron chi connectivity index (χ2n) is 5.29. The first-order valence-electron chi connectivity index (χ1n) is 7.58. The maximum Gasteiger partial charge on any atom is 0.252 e. The number of aromatic amines is 1. The fourth-order valence-electron chi connectivity index (χ4n) is 2.35. The maximum atomic E-state index is 11.9. The number of carbonyl (C=O) groups is 1. The second-order valence-corrected chi connectivity index (χ2v) is 5.29. The number of hydrogen-bond acceptors (Lipinski definition) is 5. The van der Waals surface area contributed by atoms with Gasteiger partial charge >= 0.3 is 0 Å². The minimum Gasteiger partial charge on any atom is -0.355 e. The third-order valence-electron chi connectivity index (χ3n) is 3.59. The van der Waals surface area contributed by atoms with E-state index >= 15 is 0 Å². The highest BCUT2D eigenvalue weighted by atomic mass is 16.1. The third kappa shape index (κ3) is 3.84. The molecule has 8 heteroatoms. The lowest BCUT2D eigenvalue weighted by Gasteiger charge is -2.06. The Kier molecular flexibility index (Phi) is 5.28. The molecule has 1 amide bonds. The zero-order valence-electron chi connectivity index (χ0n) is 13.6. The summed E-state index contributed by atoms with van der Waals surface area (Å²) in [7, 11) is 0. The van der Waals surface area contributed by atoms with E-state index in [1.807, 2.05) is 20.8 Å². The quantitative estimate of drug-likeness (QED) is 0.679. The van der Waals surface area contributed by atoms with Gasteiger partial charge in [0.25, 0.3) is 5.56 Å². The Balaban J connectivity index is 2.35.